The molecule has 0 radical (unpaired) electrons. The van der Waals surface area contributed by atoms with Gasteiger partial charge in [0.25, 0.3) is 23.6 Å². The van der Waals surface area contributed by atoms with Crippen LogP contribution < -0.4 is 24.0 Å². The number of nitrogens with zero attached hydrogens (tertiary/aromatic N) is 2. The first-order valence-electron chi connectivity index (χ1n) is 27.6. The van der Waals surface area contributed by atoms with Crippen LogP contribution >= 0.6 is 22.7 Å². The van der Waals surface area contributed by atoms with Crippen LogP contribution in [-0.2, 0) is 32.7 Å². The van der Waals surface area contributed by atoms with E-state index in [4.69, 9.17) is 14.2 Å². The van der Waals surface area contributed by atoms with E-state index in [1.807, 2.05) is 31.2 Å². The number of aryl methyl sites for hydroxylation is 4. The Kier molecular flexibility index (Phi) is 13.9. The molecule has 0 atom stereocenters. The second kappa shape index (κ2) is 20.9. The number of rotatable bonds is 19. The predicted octanol–water partition coefficient (Wildman–Crippen LogP) is 14.8. The van der Waals surface area contributed by atoms with Gasteiger partial charge in [0.15, 0.2) is 11.5 Å². The molecular formula is C66H62N2O10S2. The zero-order valence-electron chi connectivity index (χ0n) is 46.0. The molecule has 2 aliphatic rings. The van der Waals surface area contributed by atoms with Crippen LogP contribution in [0.25, 0.3) is 73.7 Å². The Balaban J connectivity index is 1.17. The Morgan fingerprint density at radius 1 is 0.463 bits per heavy atom. The highest BCUT2D eigenvalue weighted by molar-refractivity contribution is 7.28. The van der Waals surface area contributed by atoms with Crippen LogP contribution in [0, 0.1) is 13.8 Å². The van der Waals surface area contributed by atoms with Crippen molar-refractivity contribution in [1.82, 2.24) is 0 Å². The first-order chi connectivity index (χ1) is 38.9. The average molecular weight is 1110 g/mol. The van der Waals surface area contributed by atoms with Gasteiger partial charge in [0.05, 0.1) is 61.9 Å². The van der Waals surface area contributed by atoms with Gasteiger partial charge in [0, 0.05) is 72.1 Å². The summed E-state index contributed by atoms with van der Waals surface area (Å²) in [5.74, 6) is -1.42. The standard InChI is InChI=1S/C66H62N2O10S2/c1-8-10-12-14-16-39-40(17-15-13-11-9-2)54-34(4)32-79-62(54)61-45(39)28-52(80-61)46-27-48-57-44(64(73)67(66(48)75)37-23-35(29-69)49(31-71)50(25-37)76-5)20-18-41-53-33(3)22-47-56-43(21-19-42(58(53)56)55(46)59(41)57)63(72)68(65(47)74)38-24-36(30-70)60(78-7)51(26-38)77-6/h18-28,32,69-71H,8-17,29-31H2,1-7H3. The number of amides is 4. The van der Waals surface area contributed by atoms with Gasteiger partial charge in [-0.3, -0.25) is 19.2 Å². The van der Waals surface area contributed by atoms with Gasteiger partial charge in [0.1, 0.15) is 5.75 Å². The number of methoxy groups -OCH3 is 3. The van der Waals surface area contributed by atoms with Crippen LogP contribution in [0.5, 0.6) is 17.2 Å². The molecule has 2 aliphatic heterocycles. The number of imide groups is 2. The molecular weight excluding hydrogens is 1040 g/mol. The quantitative estimate of drug-likeness (QED) is 0.0307. The molecule has 4 amide bonds. The van der Waals surface area contributed by atoms with Gasteiger partial charge in [-0.05, 0) is 153 Å². The highest BCUT2D eigenvalue weighted by Gasteiger charge is 2.40. The maximum Gasteiger partial charge on any atom is 0.266 e. The summed E-state index contributed by atoms with van der Waals surface area (Å²) in [5.41, 5.74) is 8.34. The lowest BCUT2D eigenvalue weighted by atomic mass is 9.79. The molecule has 0 unspecified atom stereocenters. The average Bonchev–Trinajstić information content (AvgIpc) is 4.23. The van der Waals surface area contributed by atoms with E-state index >= 15 is 19.2 Å². The Morgan fingerprint density at radius 3 is 1.61 bits per heavy atom. The molecule has 12 rings (SSSR count). The van der Waals surface area contributed by atoms with Crippen LogP contribution in [-0.4, -0.2) is 60.3 Å². The molecule has 14 heteroatoms. The molecule has 0 spiro atoms. The number of fused-ring (bicyclic) bond motifs is 5. The Morgan fingerprint density at radius 2 is 1.02 bits per heavy atom. The third-order valence-electron chi connectivity index (χ3n) is 16.8. The lowest BCUT2D eigenvalue weighted by molar-refractivity contribution is 0.0877. The fourth-order valence-electron chi connectivity index (χ4n) is 13.2. The highest BCUT2D eigenvalue weighted by atomic mass is 32.1. The minimum absolute atomic E-state index is 0.194. The molecule has 0 bridgehead atoms. The van der Waals surface area contributed by atoms with E-state index < -0.39 is 43.4 Å². The highest BCUT2D eigenvalue weighted by Crippen LogP contribution is 2.54. The van der Waals surface area contributed by atoms with E-state index in [1.54, 1.807) is 59.1 Å². The summed E-state index contributed by atoms with van der Waals surface area (Å²) in [4.78, 5) is 64.4. The Bertz CT molecular complexity index is 4210. The van der Waals surface area contributed by atoms with Gasteiger partial charge in [-0.1, -0.05) is 64.5 Å². The molecule has 8 aromatic carbocycles. The molecule has 0 saturated carbocycles. The van der Waals surface area contributed by atoms with E-state index in [0.29, 0.717) is 55.5 Å². The Hall–Kier alpha value is -7.46. The van der Waals surface area contributed by atoms with Crippen molar-refractivity contribution >= 4 is 121 Å². The van der Waals surface area contributed by atoms with Crippen LogP contribution in [0.3, 0.4) is 0 Å². The van der Waals surface area contributed by atoms with E-state index in [0.717, 1.165) is 116 Å². The van der Waals surface area contributed by atoms with Crippen molar-refractivity contribution in [2.75, 3.05) is 31.1 Å². The number of carbonyl (C=O) groups excluding carboxylic acids is 4. The number of hydrogen-bond donors (Lipinski definition) is 3. The zero-order chi connectivity index (χ0) is 56.0. The second-order valence-corrected chi connectivity index (χ2v) is 23.3. The van der Waals surface area contributed by atoms with Crippen molar-refractivity contribution in [2.24, 2.45) is 0 Å². The Labute approximate surface area is 471 Å². The number of aliphatic hydroxyl groups is 3. The lowest BCUT2D eigenvalue weighted by Gasteiger charge is -2.32. The van der Waals surface area contributed by atoms with E-state index in [1.165, 1.54) is 64.6 Å². The maximum absolute atomic E-state index is 15.7. The van der Waals surface area contributed by atoms with Gasteiger partial charge >= 0.3 is 0 Å². The fourth-order valence-corrected chi connectivity index (χ4v) is 15.6. The SMILES string of the molecule is CCCCCCc1c(CCCCCC)c2c(C)csc2c2sc(-c3cc4c5c(ccc6c7c(C)cc8c9c(ccc(c3c56)c97)C(=O)N(c3cc(CO)c(OC)c(OC)c3)C8=O)C(=O)N(c3cc(CO)c(CO)c(OC)c3)C4=O)cc12. The predicted molar refractivity (Wildman–Crippen MR) is 322 cm³/mol. The summed E-state index contributed by atoms with van der Waals surface area (Å²) in [7, 11) is 4.36. The largest absolute Gasteiger partial charge is 0.496 e. The van der Waals surface area contributed by atoms with Crippen molar-refractivity contribution in [3.63, 3.8) is 0 Å². The maximum atomic E-state index is 15.7. The van der Waals surface area contributed by atoms with Gasteiger partial charge in [0.2, 0.25) is 0 Å². The number of thiophene rings is 2. The van der Waals surface area contributed by atoms with Crippen LogP contribution in [0.4, 0.5) is 11.4 Å². The summed E-state index contributed by atoms with van der Waals surface area (Å²) in [6.45, 7) is 7.34. The second-order valence-electron chi connectivity index (χ2n) is 21.3. The normalized spacial score (nSPS) is 13.6. The molecule has 10 aromatic rings. The number of hydrogen-bond acceptors (Lipinski definition) is 12. The van der Waals surface area contributed by atoms with Crippen molar-refractivity contribution in [3.05, 3.63) is 133 Å². The number of ether oxygens (including phenoxy) is 3. The van der Waals surface area contributed by atoms with Gasteiger partial charge < -0.3 is 29.5 Å². The summed E-state index contributed by atoms with van der Waals surface area (Å²) in [6, 6.07) is 19.8. The summed E-state index contributed by atoms with van der Waals surface area (Å²) >= 11 is 3.50. The molecule has 4 heterocycles. The summed E-state index contributed by atoms with van der Waals surface area (Å²) < 4.78 is 19.3. The van der Waals surface area contributed by atoms with Crippen molar-refractivity contribution in [2.45, 2.75) is 112 Å². The summed E-state index contributed by atoms with van der Waals surface area (Å²) in [5, 5.41) is 41.7. The lowest BCUT2D eigenvalue weighted by Crippen LogP contribution is -2.41. The number of unbranched alkanes of at least 4 members (excludes halogenated alkanes) is 6. The number of anilines is 2. The summed E-state index contributed by atoms with van der Waals surface area (Å²) in [6.07, 6.45) is 11.0. The topological polar surface area (TPSA) is 163 Å². The van der Waals surface area contributed by atoms with Gasteiger partial charge in [-0.2, -0.15) is 0 Å². The van der Waals surface area contributed by atoms with Crippen LogP contribution in [0.2, 0.25) is 0 Å². The number of benzene rings is 8. The molecule has 12 nitrogen and oxygen atoms in total. The van der Waals surface area contributed by atoms with E-state index in [-0.39, 0.29) is 22.9 Å². The first-order valence-corrected chi connectivity index (χ1v) is 29.3. The van der Waals surface area contributed by atoms with Crippen molar-refractivity contribution < 1.29 is 48.7 Å². The van der Waals surface area contributed by atoms with Crippen molar-refractivity contribution in [1.29, 1.82) is 0 Å². The zero-order valence-corrected chi connectivity index (χ0v) is 47.7. The number of aliphatic hydroxyl groups excluding tert-OH is 3. The van der Waals surface area contributed by atoms with Gasteiger partial charge in [-0.15, -0.1) is 22.7 Å². The molecule has 0 fully saturated rings. The first kappa shape index (κ1) is 53.2. The van der Waals surface area contributed by atoms with E-state index in [2.05, 4.69) is 32.2 Å². The van der Waals surface area contributed by atoms with Crippen LogP contribution in [0.1, 0.15) is 146 Å². The molecule has 408 valence electrons. The molecule has 0 aliphatic carbocycles. The molecule has 2 aromatic heterocycles. The molecule has 3 N–H and O–H groups in total. The van der Waals surface area contributed by atoms with Crippen LogP contribution in [0.15, 0.2) is 72.1 Å². The third-order valence-corrected chi connectivity index (χ3v) is 19.3. The van der Waals surface area contributed by atoms with E-state index in [9.17, 15) is 15.3 Å². The van der Waals surface area contributed by atoms with Gasteiger partial charge in [-0.25, -0.2) is 9.80 Å². The minimum Gasteiger partial charge on any atom is -0.496 e. The monoisotopic (exact) mass is 1110 g/mol. The smallest absolute Gasteiger partial charge is 0.266 e. The minimum atomic E-state index is -0.560. The third kappa shape index (κ3) is 7.92. The fraction of sp³-hybridized carbons (Fsp3) is 0.303. The van der Waals surface area contributed by atoms with Crippen molar-refractivity contribution in [3.8, 4) is 27.7 Å². The number of carbonyl (C=O) groups is 4. The molecule has 0 saturated heterocycles. The molecule has 80 heavy (non-hydrogen) atoms.